The van der Waals surface area contributed by atoms with Crippen LogP contribution in [0.25, 0.3) is 0 Å². The molecule has 0 aliphatic carbocycles. The number of piperazine rings is 1. The summed E-state index contributed by atoms with van der Waals surface area (Å²) < 4.78 is 0. The van der Waals surface area contributed by atoms with Gasteiger partial charge in [0.05, 0.1) is 11.9 Å². The van der Waals surface area contributed by atoms with Gasteiger partial charge in [0.25, 0.3) is 0 Å². The van der Waals surface area contributed by atoms with Gasteiger partial charge in [-0.3, -0.25) is 0 Å². The van der Waals surface area contributed by atoms with Crippen molar-refractivity contribution in [2.45, 2.75) is 6.92 Å². The van der Waals surface area contributed by atoms with Gasteiger partial charge in [-0.2, -0.15) is 0 Å². The van der Waals surface area contributed by atoms with E-state index in [1.165, 1.54) is 0 Å². The van der Waals surface area contributed by atoms with Crippen LogP contribution in [0.2, 0.25) is 5.02 Å². The molecule has 0 radical (unpaired) electrons. The lowest BCUT2D eigenvalue weighted by Crippen LogP contribution is -2.46. The van der Waals surface area contributed by atoms with E-state index in [4.69, 9.17) is 11.6 Å². The van der Waals surface area contributed by atoms with Crippen LogP contribution in [0.4, 0.5) is 22.0 Å². The van der Waals surface area contributed by atoms with Gasteiger partial charge in [-0.1, -0.05) is 18.5 Å². The second-order valence-electron chi connectivity index (χ2n) is 5.91. The highest BCUT2D eigenvalue weighted by molar-refractivity contribution is 6.30. The van der Waals surface area contributed by atoms with Crippen LogP contribution in [0.1, 0.15) is 6.92 Å². The molecule has 2 heterocycles. The molecule has 1 fully saturated rings. The Bertz CT molecular complexity index is 696. The number of likely N-dealkylation sites (N-methyl/N-ethyl adjacent to an activating group) is 1. The number of nitrogens with one attached hydrogen (secondary N) is 2. The maximum atomic E-state index is 12.0. The third-order valence-electron chi connectivity index (χ3n) is 4.25. The second-order valence-corrected chi connectivity index (χ2v) is 6.35. The van der Waals surface area contributed by atoms with Crippen LogP contribution in [-0.2, 0) is 0 Å². The highest BCUT2D eigenvalue weighted by atomic mass is 35.5. The summed E-state index contributed by atoms with van der Waals surface area (Å²) in [6.45, 7) is 7.34. The average molecular weight is 360 g/mol. The molecule has 0 spiro atoms. The number of amides is 2. The zero-order chi connectivity index (χ0) is 17.6. The van der Waals surface area contributed by atoms with Gasteiger partial charge in [0.15, 0.2) is 0 Å². The summed E-state index contributed by atoms with van der Waals surface area (Å²) in [5, 5.41) is 6.16. The summed E-state index contributed by atoms with van der Waals surface area (Å²) in [5.41, 5.74) is 1.34. The number of halogens is 1. The van der Waals surface area contributed by atoms with E-state index in [0.717, 1.165) is 38.5 Å². The minimum Gasteiger partial charge on any atom is -0.354 e. The number of anilines is 3. The second kappa shape index (κ2) is 8.18. The molecule has 7 heteroatoms. The number of pyridine rings is 1. The van der Waals surface area contributed by atoms with Gasteiger partial charge in [-0.25, -0.2) is 9.78 Å². The van der Waals surface area contributed by atoms with Crippen molar-refractivity contribution in [1.82, 2.24) is 9.88 Å². The molecule has 132 valence electrons. The normalized spacial score (nSPS) is 15.0. The SMILES string of the molecule is CCN1CCN(c2ccc(NC(=O)Nc3ccc(Cl)cc3)cn2)CC1. The third kappa shape index (κ3) is 4.84. The number of carbonyl (C=O) groups excluding carboxylic acids is 1. The monoisotopic (exact) mass is 359 g/mol. The molecule has 3 rings (SSSR count). The Morgan fingerprint density at radius 2 is 1.68 bits per heavy atom. The number of nitrogens with zero attached hydrogens (tertiary/aromatic N) is 3. The minimum absolute atomic E-state index is 0.312. The van der Waals surface area contributed by atoms with E-state index in [-0.39, 0.29) is 6.03 Å². The van der Waals surface area contributed by atoms with Crippen molar-refractivity contribution in [2.24, 2.45) is 0 Å². The van der Waals surface area contributed by atoms with Gasteiger partial charge in [0.1, 0.15) is 5.82 Å². The van der Waals surface area contributed by atoms with Crippen LogP contribution in [0.3, 0.4) is 0 Å². The Morgan fingerprint density at radius 1 is 1.04 bits per heavy atom. The zero-order valence-electron chi connectivity index (χ0n) is 14.2. The fourth-order valence-corrected chi connectivity index (χ4v) is 2.89. The first kappa shape index (κ1) is 17.5. The molecule has 0 saturated carbocycles. The number of aromatic nitrogens is 1. The fraction of sp³-hybridized carbons (Fsp3) is 0.333. The number of hydrogen-bond donors (Lipinski definition) is 2. The van der Waals surface area contributed by atoms with Crippen molar-refractivity contribution in [3.8, 4) is 0 Å². The Morgan fingerprint density at radius 3 is 2.28 bits per heavy atom. The van der Waals surface area contributed by atoms with Crippen LogP contribution in [-0.4, -0.2) is 48.6 Å². The van der Waals surface area contributed by atoms with Gasteiger partial charge in [0.2, 0.25) is 0 Å². The summed E-state index contributed by atoms with van der Waals surface area (Å²) in [6, 6.07) is 10.5. The smallest absolute Gasteiger partial charge is 0.323 e. The van der Waals surface area contributed by atoms with Gasteiger partial charge in [-0.15, -0.1) is 0 Å². The number of carbonyl (C=O) groups is 1. The largest absolute Gasteiger partial charge is 0.354 e. The molecule has 1 aromatic heterocycles. The van der Waals surface area contributed by atoms with Gasteiger partial charge in [0, 0.05) is 36.9 Å². The van der Waals surface area contributed by atoms with E-state index in [1.54, 1.807) is 30.5 Å². The quantitative estimate of drug-likeness (QED) is 0.876. The van der Waals surface area contributed by atoms with Crippen LogP contribution in [0.5, 0.6) is 0 Å². The van der Waals surface area contributed by atoms with Gasteiger partial charge >= 0.3 is 6.03 Å². The van der Waals surface area contributed by atoms with E-state index < -0.39 is 0 Å². The summed E-state index contributed by atoms with van der Waals surface area (Å²) in [4.78, 5) is 21.2. The van der Waals surface area contributed by atoms with Crippen molar-refractivity contribution >= 4 is 34.8 Å². The molecule has 2 N–H and O–H groups in total. The lowest BCUT2D eigenvalue weighted by Gasteiger charge is -2.34. The number of rotatable bonds is 4. The fourth-order valence-electron chi connectivity index (χ4n) is 2.77. The number of benzene rings is 1. The van der Waals surface area contributed by atoms with Crippen molar-refractivity contribution in [3.63, 3.8) is 0 Å². The summed E-state index contributed by atoms with van der Waals surface area (Å²) in [6.07, 6.45) is 1.68. The van der Waals surface area contributed by atoms with E-state index in [2.05, 4.69) is 32.3 Å². The topological polar surface area (TPSA) is 60.5 Å². The van der Waals surface area contributed by atoms with Crippen molar-refractivity contribution < 1.29 is 4.79 Å². The summed E-state index contributed by atoms with van der Waals surface area (Å²) >= 11 is 5.83. The van der Waals surface area contributed by atoms with E-state index in [1.807, 2.05) is 12.1 Å². The lowest BCUT2D eigenvalue weighted by molar-refractivity contribution is 0.262. The maximum absolute atomic E-state index is 12.0. The molecule has 2 amide bonds. The lowest BCUT2D eigenvalue weighted by atomic mass is 10.3. The average Bonchev–Trinajstić information content (AvgIpc) is 2.64. The highest BCUT2D eigenvalue weighted by Crippen LogP contribution is 2.17. The molecule has 1 aliphatic rings. The first-order chi connectivity index (χ1) is 12.1. The van der Waals surface area contributed by atoms with Crippen LogP contribution < -0.4 is 15.5 Å². The Labute approximate surface area is 152 Å². The standard InChI is InChI=1S/C18H22ClN5O/c1-2-23-9-11-24(12-10-23)17-8-7-16(13-20-17)22-18(25)21-15-5-3-14(19)4-6-15/h3-8,13H,2,9-12H2,1H3,(H2,21,22,25). The van der Waals surface area contributed by atoms with Crippen molar-refractivity contribution in [1.29, 1.82) is 0 Å². The molecule has 0 unspecified atom stereocenters. The van der Waals surface area contributed by atoms with Crippen LogP contribution in [0, 0.1) is 0 Å². The molecular formula is C18H22ClN5O. The predicted octanol–water partition coefficient (Wildman–Crippen LogP) is 3.52. The molecule has 1 aromatic carbocycles. The first-order valence-electron chi connectivity index (χ1n) is 8.41. The molecule has 25 heavy (non-hydrogen) atoms. The molecule has 1 saturated heterocycles. The molecule has 1 aliphatic heterocycles. The molecule has 6 nitrogen and oxygen atoms in total. The molecule has 0 bridgehead atoms. The summed E-state index contributed by atoms with van der Waals surface area (Å²) in [7, 11) is 0. The molecule has 0 atom stereocenters. The minimum atomic E-state index is -0.312. The van der Waals surface area contributed by atoms with E-state index in [9.17, 15) is 4.79 Å². The Hall–Kier alpha value is -2.31. The van der Waals surface area contributed by atoms with Crippen molar-refractivity contribution in [2.75, 3.05) is 48.3 Å². The molecule has 2 aromatic rings. The van der Waals surface area contributed by atoms with Gasteiger partial charge in [-0.05, 0) is 42.9 Å². The maximum Gasteiger partial charge on any atom is 0.323 e. The van der Waals surface area contributed by atoms with Crippen LogP contribution in [0.15, 0.2) is 42.6 Å². The summed E-state index contributed by atoms with van der Waals surface area (Å²) in [5.74, 6) is 0.944. The Kier molecular flexibility index (Phi) is 5.73. The third-order valence-corrected chi connectivity index (χ3v) is 4.50. The first-order valence-corrected chi connectivity index (χ1v) is 8.79. The Balaban J connectivity index is 1.53. The molecular weight excluding hydrogens is 338 g/mol. The number of urea groups is 1. The highest BCUT2D eigenvalue weighted by Gasteiger charge is 2.16. The van der Waals surface area contributed by atoms with Crippen molar-refractivity contribution in [3.05, 3.63) is 47.6 Å². The predicted molar refractivity (Wildman–Crippen MR) is 103 cm³/mol. The number of hydrogen-bond acceptors (Lipinski definition) is 4. The van der Waals surface area contributed by atoms with E-state index >= 15 is 0 Å². The van der Waals surface area contributed by atoms with Crippen LogP contribution >= 0.6 is 11.6 Å². The van der Waals surface area contributed by atoms with Gasteiger partial charge < -0.3 is 20.4 Å². The van der Waals surface area contributed by atoms with E-state index in [0.29, 0.717) is 16.4 Å². The zero-order valence-corrected chi connectivity index (χ0v) is 15.0.